The van der Waals surface area contributed by atoms with E-state index in [9.17, 15) is 9.18 Å². The Bertz CT molecular complexity index is 631. The summed E-state index contributed by atoms with van der Waals surface area (Å²) in [6.45, 7) is 0. The van der Waals surface area contributed by atoms with Gasteiger partial charge in [-0.2, -0.15) is 0 Å². The van der Waals surface area contributed by atoms with Gasteiger partial charge in [0.25, 0.3) is 0 Å². The molecule has 0 saturated carbocycles. The molecule has 20 heavy (non-hydrogen) atoms. The van der Waals surface area contributed by atoms with Gasteiger partial charge in [-0.25, -0.2) is 4.39 Å². The third-order valence-electron chi connectivity index (χ3n) is 2.80. The highest BCUT2D eigenvalue weighted by atomic mass is 35.5. The molecule has 0 aliphatic heterocycles. The first kappa shape index (κ1) is 14.8. The lowest BCUT2D eigenvalue weighted by Gasteiger charge is -2.08. The summed E-state index contributed by atoms with van der Waals surface area (Å²) in [6, 6.07) is 11.8. The van der Waals surface area contributed by atoms with E-state index in [1.165, 1.54) is 12.1 Å². The van der Waals surface area contributed by atoms with Crippen LogP contribution in [0.1, 0.15) is 12.0 Å². The molecule has 0 aliphatic carbocycles. The minimum absolute atomic E-state index is 0.0195. The first-order chi connectivity index (χ1) is 9.58. The molecule has 0 radical (unpaired) electrons. The number of hydrogen-bond donors (Lipinski definition) is 1. The second-order valence-electron chi connectivity index (χ2n) is 4.24. The Hall–Kier alpha value is -1.58. The van der Waals surface area contributed by atoms with E-state index in [0.29, 0.717) is 11.4 Å². The second kappa shape index (κ2) is 6.73. The number of benzene rings is 2. The van der Waals surface area contributed by atoms with Crippen molar-refractivity contribution in [1.82, 2.24) is 0 Å². The van der Waals surface area contributed by atoms with E-state index >= 15 is 0 Å². The molecule has 0 saturated heterocycles. The number of anilines is 1. The van der Waals surface area contributed by atoms with Crippen molar-refractivity contribution in [2.24, 2.45) is 0 Å². The summed E-state index contributed by atoms with van der Waals surface area (Å²) in [4.78, 5) is 11.8. The quantitative estimate of drug-likeness (QED) is 0.871. The SMILES string of the molecule is O=C(CCc1ccccc1Cl)Nc1cccc(Cl)c1F. The van der Waals surface area contributed by atoms with Crippen molar-refractivity contribution in [3.8, 4) is 0 Å². The number of halogens is 3. The summed E-state index contributed by atoms with van der Waals surface area (Å²) in [5, 5.41) is 3.10. The lowest BCUT2D eigenvalue weighted by atomic mass is 10.1. The molecule has 0 heterocycles. The summed E-state index contributed by atoms with van der Waals surface area (Å²) in [6.07, 6.45) is 0.712. The molecule has 104 valence electrons. The average molecular weight is 312 g/mol. The maximum Gasteiger partial charge on any atom is 0.224 e. The third kappa shape index (κ3) is 3.71. The summed E-state index contributed by atoms with van der Waals surface area (Å²) in [5.74, 6) is -0.911. The van der Waals surface area contributed by atoms with Crippen LogP contribution < -0.4 is 5.32 Å². The number of hydrogen-bond acceptors (Lipinski definition) is 1. The lowest BCUT2D eigenvalue weighted by molar-refractivity contribution is -0.116. The molecule has 2 rings (SSSR count). The molecule has 0 fully saturated rings. The highest BCUT2D eigenvalue weighted by molar-refractivity contribution is 6.31. The van der Waals surface area contributed by atoms with Crippen LogP contribution in [0.5, 0.6) is 0 Å². The standard InChI is InChI=1S/C15H12Cl2FNO/c16-11-5-2-1-4-10(11)8-9-14(20)19-13-7-3-6-12(17)15(13)18/h1-7H,8-9H2,(H,19,20). The van der Waals surface area contributed by atoms with Gasteiger partial charge in [-0.15, -0.1) is 0 Å². The zero-order valence-corrected chi connectivity index (χ0v) is 12.0. The van der Waals surface area contributed by atoms with Crippen LogP contribution in [0.15, 0.2) is 42.5 Å². The predicted molar refractivity (Wildman–Crippen MR) is 79.8 cm³/mol. The fourth-order valence-electron chi connectivity index (χ4n) is 1.76. The van der Waals surface area contributed by atoms with Crippen molar-refractivity contribution in [3.63, 3.8) is 0 Å². The maximum atomic E-state index is 13.6. The zero-order chi connectivity index (χ0) is 14.5. The Labute approximate surface area is 126 Å². The number of carbonyl (C=O) groups excluding carboxylic acids is 1. The van der Waals surface area contributed by atoms with Crippen LogP contribution in [0.3, 0.4) is 0 Å². The van der Waals surface area contributed by atoms with Gasteiger partial charge in [0, 0.05) is 11.4 Å². The van der Waals surface area contributed by atoms with E-state index in [4.69, 9.17) is 23.2 Å². The topological polar surface area (TPSA) is 29.1 Å². The van der Waals surface area contributed by atoms with E-state index in [-0.39, 0.29) is 23.0 Å². The minimum atomic E-state index is -0.625. The number of carbonyl (C=O) groups is 1. The summed E-state index contributed by atoms with van der Waals surface area (Å²) in [7, 11) is 0. The van der Waals surface area contributed by atoms with Crippen molar-refractivity contribution < 1.29 is 9.18 Å². The van der Waals surface area contributed by atoms with E-state index in [0.717, 1.165) is 5.56 Å². The average Bonchev–Trinajstić information content (AvgIpc) is 2.43. The molecule has 0 bridgehead atoms. The molecule has 0 atom stereocenters. The van der Waals surface area contributed by atoms with Crippen LogP contribution in [0.4, 0.5) is 10.1 Å². The van der Waals surface area contributed by atoms with Gasteiger partial charge < -0.3 is 5.32 Å². The third-order valence-corrected chi connectivity index (χ3v) is 3.47. The summed E-state index contributed by atoms with van der Waals surface area (Å²) in [5.41, 5.74) is 0.970. The van der Waals surface area contributed by atoms with Crippen molar-refractivity contribution in [2.45, 2.75) is 12.8 Å². The minimum Gasteiger partial charge on any atom is -0.324 e. The van der Waals surface area contributed by atoms with Crippen LogP contribution >= 0.6 is 23.2 Å². The van der Waals surface area contributed by atoms with Gasteiger partial charge in [-0.3, -0.25) is 4.79 Å². The molecule has 2 nitrogen and oxygen atoms in total. The molecule has 1 amide bonds. The number of amides is 1. The van der Waals surface area contributed by atoms with Crippen LogP contribution in [-0.2, 0) is 11.2 Å². The van der Waals surface area contributed by atoms with Crippen molar-refractivity contribution >= 4 is 34.8 Å². The van der Waals surface area contributed by atoms with Gasteiger partial charge in [-0.1, -0.05) is 47.5 Å². The Balaban J connectivity index is 1.96. The Morgan fingerprint density at radius 1 is 1.05 bits per heavy atom. The van der Waals surface area contributed by atoms with Gasteiger partial charge in [0.2, 0.25) is 5.91 Å². The van der Waals surface area contributed by atoms with Gasteiger partial charge in [0.05, 0.1) is 10.7 Å². The Morgan fingerprint density at radius 3 is 2.50 bits per heavy atom. The molecule has 0 spiro atoms. The monoisotopic (exact) mass is 311 g/mol. The summed E-state index contributed by atoms with van der Waals surface area (Å²) < 4.78 is 13.6. The van der Waals surface area contributed by atoms with Gasteiger partial charge in [0.1, 0.15) is 0 Å². The number of nitrogens with one attached hydrogen (secondary N) is 1. The van der Waals surface area contributed by atoms with E-state index in [2.05, 4.69) is 5.32 Å². The molecule has 5 heteroatoms. The largest absolute Gasteiger partial charge is 0.324 e. The van der Waals surface area contributed by atoms with Crippen LogP contribution in [0, 0.1) is 5.82 Å². The maximum absolute atomic E-state index is 13.6. The highest BCUT2D eigenvalue weighted by Gasteiger charge is 2.10. The molecular weight excluding hydrogens is 300 g/mol. The van der Waals surface area contributed by atoms with Crippen molar-refractivity contribution in [2.75, 3.05) is 5.32 Å². The fourth-order valence-corrected chi connectivity index (χ4v) is 2.17. The highest BCUT2D eigenvalue weighted by Crippen LogP contribution is 2.22. The van der Waals surface area contributed by atoms with Gasteiger partial charge in [-0.05, 0) is 30.2 Å². The first-order valence-electron chi connectivity index (χ1n) is 6.05. The van der Waals surface area contributed by atoms with Gasteiger partial charge >= 0.3 is 0 Å². The molecule has 2 aromatic carbocycles. The molecule has 2 aromatic rings. The lowest BCUT2D eigenvalue weighted by Crippen LogP contribution is -2.13. The Morgan fingerprint density at radius 2 is 1.75 bits per heavy atom. The Kier molecular flexibility index (Phi) is 4.99. The van der Waals surface area contributed by atoms with Gasteiger partial charge in [0.15, 0.2) is 5.82 Å². The molecule has 0 unspecified atom stereocenters. The molecule has 0 aromatic heterocycles. The van der Waals surface area contributed by atoms with Crippen LogP contribution in [0.2, 0.25) is 10.0 Å². The smallest absolute Gasteiger partial charge is 0.224 e. The molecule has 1 N–H and O–H groups in total. The number of rotatable bonds is 4. The predicted octanol–water partition coefficient (Wildman–Crippen LogP) is 4.70. The summed E-state index contributed by atoms with van der Waals surface area (Å²) >= 11 is 11.7. The van der Waals surface area contributed by atoms with E-state index in [1.54, 1.807) is 12.1 Å². The fraction of sp³-hybridized carbons (Fsp3) is 0.133. The normalized spacial score (nSPS) is 10.3. The van der Waals surface area contributed by atoms with E-state index in [1.807, 2.05) is 18.2 Å². The van der Waals surface area contributed by atoms with Crippen molar-refractivity contribution in [1.29, 1.82) is 0 Å². The van der Waals surface area contributed by atoms with Crippen molar-refractivity contribution in [3.05, 3.63) is 63.9 Å². The second-order valence-corrected chi connectivity index (χ2v) is 5.06. The number of aryl methyl sites for hydroxylation is 1. The zero-order valence-electron chi connectivity index (χ0n) is 10.5. The van der Waals surface area contributed by atoms with Crippen LogP contribution in [0.25, 0.3) is 0 Å². The van der Waals surface area contributed by atoms with E-state index < -0.39 is 5.82 Å². The first-order valence-corrected chi connectivity index (χ1v) is 6.81. The molecule has 0 aliphatic rings. The molecular formula is C15H12Cl2FNO. The van der Waals surface area contributed by atoms with Crippen LogP contribution in [-0.4, -0.2) is 5.91 Å².